The monoisotopic (exact) mass is 300 g/mol. The summed E-state index contributed by atoms with van der Waals surface area (Å²) in [6.45, 7) is 1.93. The van der Waals surface area contributed by atoms with Crippen LogP contribution in [0.25, 0.3) is 0 Å². The van der Waals surface area contributed by atoms with Crippen LogP contribution in [0.5, 0.6) is 5.75 Å². The summed E-state index contributed by atoms with van der Waals surface area (Å²) in [6.07, 6.45) is 0. The fraction of sp³-hybridized carbons (Fsp3) is 0.125. The molecule has 0 fully saturated rings. The summed E-state index contributed by atoms with van der Waals surface area (Å²) in [5, 5.41) is 5.85. The van der Waals surface area contributed by atoms with Gasteiger partial charge >= 0.3 is 0 Å². The molecule has 2 N–H and O–H groups in total. The molecule has 0 aliphatic carbocycles. The Morgan fingerprint density at radius 2 is 1.90 bits per heavy atom. The molecule has 0 aromatic heterocycles. The van der Waals surface area contributed by atoms with E-state index in [1.165, 1.54) is 0 Å². The predicted molar refractivity (Wildman–Crippen MR) is 87.9 cm³/mol. The van der Waals surface area contributed by atoms with Gasteiger partial charge < -0.3 is 10.1 Å². The van der Waals surface area contributed by atoms with E-state index in [4.69, 9.17) is 17.0 Å². The molecule has 0 radical (unpaired) electrons. The Morgan fingerprint density at radius 1 is 1.14 bits per heavy atom. The van der Waals surface area contributed by atoms with Gasteiger partial charge in [0.1, 0.15) is 5.75 Å². The maximum atomic E-state index is 12.1. The predicted octanol–water partition coefficient (Wildman–Crippen LogP) is 3.13. The molecule has 2 rings (SSSR count). The second-order valence-electron chi connectivity index (χ2n) is 4.51. The summed E-state index contributed by atoms with van der Waals surface area (Å²) in [5.74, 6) is 0.479. The van der Waals surface area contributed by atoms with Crippen molar-refractivity contribution in [1.82, 2.24) is 5.32 Å². The molecule has 0 saturated carbocycles. The number of anilines is 1. The minimum Gasteiger partial charge on any atom is -0.497 e. The zero-order chi connectivity index (χ0) is 15.2. The molecule has 0 aliphatic rings. The molecule has 0 spiro atoms. The highest BCUT2D eigenvalue weighted by molar-refractivity contribution is 7.80. The maximum absolute atomic E-state index is 12.1. The molecule has 0 atom stereocenters. The smallest absolute Gasteiger partial charge is 0.257 e. The van der Waals surface area contributed by atoms with E-state index in [-0.39, 0.29) is 11.0 Å². The Bertz CT molecular complexity index is 671. The van der Waals surface area contributed by atoms with Crippen LogP contribution in [0.3, 0.4) is 0 Å². The number of hydrogen-bond donors (Lipinski definition) is 2. The van der Waals surface area contributed by atoms with Crippen LogP contribution >= 0.6 is 12.2 Å². The Hall–Kier alpha value is -2.40. The molecule has 0 saturated heterocycles. The van der Waals surface area contributed by atoms with Gasteiger partial charge in [-0.1, -0.05) is 23.8 Å². The average molecular weight is 300 g/mol. The molecule has 5 heteroatoms. The van der Waals surface area contributed by atoms with Crippen LogP contribution in [-0.2, 0) is 0 Å². The van der Waals surface area contributed by atoms with E-state index in [0.29, 0.717) is 11.3 Å². The largest absolute Gasteiger partial charge is 0.497 e. The molecular formula is C16H16N2O2S. The number of carbonyl (C=O) groups is 1. The van der Waals surface area contributed by atoms with E-state index in [1.54, 1.807) is 19.2 Å². The molecule has 0 aliphatic heterocycles. The highest BCUT2D eigenvalue weighted by Crippen LogP contribution is 2.16. The highest BCUT2D eigenvalue weighted by atomic mass is 32.1. The SMILES string of the molecule is COc1cccc(NC(=S)NC(=O)c2cccc(C)c2)c1. The van der Waals surface area contributed by atoms with Gasteiger partial charge in [0.05, 0.1) is 7.11 Å². The van der Waals surface area contributed by atoms with Crippen molar-refractivity contribution in [1.29, 1.82) is 0 Å². The number of amides is 1. The summed E-state index contributed by atoms with van der Waals surface area (Å²) in [6, 6.07) is 14.6. The first-order chi connectivity index (χ1) is 10.1. The minimum absolute atomic E-state index is 0.237. The Kier molecular flexibility index (Phi) is 4.90. The lowest BCUT2D eigenvalue weighted by molar-refractivity contribution is 0.0977. The van der Waals surface area contributed by atoms with Gasteiger partial charge in [0.25, 0.3) is 5.91 Å². The minimum atomic E-state index is -0.237. The van der Waals surface area contributed by atoms with Gasteiger partial charge in [0.2, 0.25) is 0 Å². The quantitative estimate of drug-likeness (QED) is 0.855. The summed E-state index contributed by atoms with van der Waals surface area (Å²) in [7, 11) is 1.59. The number of benzene rings is 2. The van der Waals surface area contributed by atoms with Gasteiger partial charge in [0.15, 0.2) is 5.11 Å². The molecule has 2 aromatic rings. The van der Waals surface area contributed by atoms with E-state index >= 15 is 0 Å². The van der Waals surface area contributed by atoms with Crippen molar-refractivity contribution < 1.29 is 9.53 Å². The Morgan fingerprint density at radius 3 is 2.62 bits per heavy atom. The third kappa shape index (κ3) is 4.29. The molecule has 0 heterocycles. The van der Waals surface area contributed by atoms with Crippen molar-refractivity contribution in [3.63, 3.8) is 0 Å². The first-order valence-electron chi connectivity index (χ1n) is 6.41. The number of hydrogen-bond acceptors (Lipinski definition) is 3. The van der Waals surface area contributed by atoms with E-state index in [1.807, 2.05) is 43.3 Å². The van der Waals surface area contributed by atoms with Crippen molar-refractivity contribution in [2.24, 2.45) is 0 Å². The molecule has 1 amide bonds. The van der Waals surface area contributed by atoms with E-state index < -0.39 is 0 Å². The third-order valence-electron chi connectivity index (χ3n) is 2.83. The Labute approximate surface area is 129 Å². The first-order valence-corrected chi connectivity index (χ1v) is 6.82. The molecule has 0 bridgehead atoms. The fourth-order valence-corrected chi connectivity index (χ4v) is 2.04. The van der Waals surface area contributed by atoms with Crippen molar-refractivity contribution in [3.8, 4) is 5.75 Å². The van der Waals surface area contributed by atoms with Gasteiger partial charge in [-0.15, -0.1) is 0 Å². The van der Waals surface area contributed by atoms with Gasteiger partial charge in [0, 0.05) is 17.3 Å². The number of nitrogens with one attached hydrogen (secondary N) is 2. The second kappa shape index (κ2) is 6.85. The second-order valence-corrected chi connectivity index (χ2v) is 4.92. The summed E-state index contributed by atoms with van der Waals surface area (Å²) in [5.41, 5.74) is 2.35. The number of rotatable bonds is 3. The third-order valence-corrected chi connectivity index (χ3v) is 3.04. The number of aryl methyl sites for hydroxylation is 1. The van der Waals surface area contributed by atoms with Crippen molar-refractivity contribution >= 4 is 28.9 Å². The molecule has 0 unspecified atom stereocenters. The van der Waals surface area contributed by atoms with Crippen LogP contribution in [0.1, 0.15) is 15.9 Å². The van der Waals surface area contributed by atoms with E-state index in [9.17, 15) is 4.79 Å². The first kappa shape index (κ1) is 15.0. The zero-order valence-corrected chi connectivity index (χ0v) is 12.7. The van der Waals surface area contributed by atoms with Crippen LogP contribution < -0.4 is 15.4 Å². The maximum Gasteiger partial charge on any atom is 0.257 e. The summed E-state index contributed by atoms with van der Waals surface area (Å²) in [4.78, 5) is 12.1. The number of ether oxygens (including phenoxy) is 1. The normalized spacial score (nSPS) is 9.81. The van der Waals surface area contributed by atoms with Crippen molar-refractivity contribution in [2.45, 2.75) is 6.92 Å². The number of carbonyl (C=O) groups excluding carboxylic acids is 1. The van der Waals surface area contributed by atoms with Crippen LogP contribution in [0, 0.1) is 6.92 Å². The van der Waals surface area contributed by atoms with Crippen LogP contribution in [0.4, 0.5) is 5.69 Å². The lowest BCUT2D eigenvalue weighted by Crippen LogP contribution is -2.34. The standard InChI is InChI=1S/C16H16N2O2S/c1-11-5-3-6-12(9-11)15(19)18-16(21)17-13-7-4-8-14(10-13)20-2/h3-10H,1-2H3,(H2,17,18,19,21). The zero-order valence-electron chi connectivity index (χ0n) is 11.8. The molecule has 21 heavy (non-hydrogen) atoms. The van der Waals surface area contributed by atoms with E-state index in [2.05, 4.69) is 10.6 Å². The lowest BCUT2D eigenvalue weighted by atomic mass is 10.1. The van der Waals surface area contributed by atoms with Crippen molar-refractivity contribution in [2.75, 3.05) is 12.4 Å². The van der Waals surface area contributed by atoms with Gasteiger partial charge in [-0.3, -0.25) is 10.1 Å². The molecule has 108 valence electrons. The molecular weight excluding hydrogens is 284 g/mol. The molecule has 2 aromatic carbocycles. The Balaban J connectivity index is 1.99. The topological polar surface area (TPSA) is 50.4 Å². The van der Waals surface area contributed by atoms with Gasteiger partial charge in [-0.25, -0.2) is 0 Å². The lowest BCUT2D eigenvalue weighted by Gasteiger charge is -2.10. The molecule has 4 nitrogen and oxygen atoms in total. The van der Waals surface area contributed by atoms with Crippen LogP contribution in [-0.4, -0.2) is 18.1 Å². The highest BCUT2D eigenvalue weighted by Gasteiger charge is 2.08. The summed E-state index contributed by atoms with van der Waals surface area (Å²) < 4.78 is 5.13. The van der Waals surface area contributed by atoms with Crippen molar-refractivity contribution in [3.05, 3.63) is 59.7 Å². The average Bonchev–Trinajstić information content (AvgIpc) is 2.47. The van der Waals surface area contributed by atoms with Crippen LogP contribution in [0.15, 0.2) is 48.5 Å². The van der Waals surface area contributed by atoms with Gasteiger partial charge in [-0.05, 0) is 43.4 Å². The number of thiocarbonyl (C=S) groups is 1. The fourth-order valence-electron chi connectivity index (χ4n) is 1.82. The number of methoxy groups -OCH3 is 1. The summed E-state index contributed by atoms with van der Waals surface area (Å²) >= 11 is 5.14. The van der Waals surface area contributed by atoms with Gasteiger partial charge in [-0.2, -0.15) is 0 Å². The van der Waals surface area contributed by atoms with Crippen LogP contribution in [0.2, 0.25) is 0 Å². The van der Waals surface area contributed by atoms with E-state index in [0.717, 1.165) is 11.3 Å².